The van der Waals surface area contributed by atoms with Gasteiger partial charge < -0.3 is 10.6 Å². The number of nitro groups is 1. The summed E-state index contributed by atoms with van der Waals surface area (Å²) < 4.78 is 0. The Morgan fingerprint density at radius 1 is 1.45 bits per heavy atom. The topological polar surface area (TPSA) is 89.5 Å². The number of anilines is 1. The average Bonchev–Trinajstić information content (AvgIpc) is 2.38. The number of halogens is 1. The molecule has 1 aromatic carbocycles. The molecule has 0 aliphatic carbocycles. The van der Waals surface area contributed by atoms with Crippen LogP contribution in [0.25, 0.3) is 0 Å². The van der Waals surface area contributed by atoms with E-state index in [-0.39, 0.29) is 22.5 Å². The quantitative estimate of drug-likeness (QED) is 0.682. The van der Waals surface area contributed by atoms with Gasteiger partial charge in [-0.05, 0) is 30.9 Å². The summed E-state index contributed by atoms with van der Waals surface area (Å²) in [4.78, 5) is 23.5. The largest absolute Gasteiger partial charge is 0.370 e. The molecule has 1 saturated heterocycles. The van der Waals surface area contributed by atoms with Crippen LogP contribution in [-0.4, -0.2) is 23.9 Å². The van der Waals surface area contributed by atoms with Crippen molar-refractivity contribution in [2.75, 3.05) is 18.0 Å². The molecule has 0 atom stereocenters. The zero-order valence-electron chi connectivity index (χ0n) is 10.9. The third kappa shape index (κ3) is 3.19. The predicted molar refractivity (Wildman–Crippen MR) is 76.9 cm³/mol. The van der Waals surface area contributed by atoms with E-state index in [4.69, 9.17) is 17.3 Å². The molecule has 6 nitrogen and oxygen atoms in total. The lowest BCUT2D eigenvalue weighted by Crippen LogP contribution is -2.35. The van der Waals surface area contributed by atoms with Crippen molar-refractivity contribution in [1.82, 2.24) is 0 Å². The van der Waals surface area contributed by atoms with Crippen LogP contribution in [0.15, 0.2) is 18.2 Å². The number of nitrogens with two attached hydrogens (primary N) is 1. The average molecular weight is 298 g/mol. The summed E-state index contributed by atoms with van der Waals surface area (Å²) in [5.41, 5.74) is 5.68. The van der Waals surface area contributed by atoms with E-state index < -0.39 is 4.92 Å². The second-order valence-electron chi connectivity index (χ2n) is 4.97. The predicted octanol–water partition coefficient (Wildman–Crippen LogP) is 2.34. The molecule has 0 unspecified atom stereocenters. The lowest BCUT2D eigenvalue weighted by atomic mass is 9.93. The first-order valence-electron chi connectivity index (χ1n) is 6.45. The third-order valence-electron chi connectivity index (χ3n) is 3.59. The van der Waals surface area contributed by atoms with Crippen LogP contribution in [0.3, 0.4) is 0 Å². The number of nitro benzene ring substituents is 1. The smallest absolute Gasteiger partial charge is 0.310 e. The SMILES string of the molecule is NC(=O)CC1CCN(c2cccc(Cl)c2[N+](=O)[O-])CC1. The molecule has 0 spiro atoms. The van der Waals surface area contributed by atoms with Crippen molar-refractivity contribution in [2.45, 2.75) is 19.3 Å². The van der Waals surface area contributed by atoms with E-state index in [1.54, 1.807) is 12.1 Å². The van der Waals surface area contributed by atoms with Gasteiger partial charge in [-0.25, -0.2) is 0 Å². The van der Waals surface area contributed by atoms with Crippen molar-refractivity contribution < 1.29 is 9.72 Å². The molecule has 1 heterocycles. The van der Waals surface area contributed by atoms with Crippen LogP contribution in [0.4, 0.5) is 11.4 Å². The summed E-state index contributed by atoms with van der Waals surface area (Å²) >= 11 is 5.91. The first-order valence-corrected chi connectivity index (χ1v) is 6.83. The minimum Gasteiger partial charge on any atom is -0.370 e. The summed E-state index contributed by atoms with van der Waals surface area (Å²) in [5.74, 6) is -0.0285. The third-order valence-corrected chi connectivity index (χ3v) is 3.90. The van der Waals surface area contributed by atoms with Gasteiger partial charge in [0.05, 0.1) is 4.92 Å². The van der Waals surface area contributed by atoms with E-state index >= 15 is 0 Å². The molecule has 1 fully saturated rings. The zero-order chi connectivity index (χ0) is 14.7. The van der Waals surface area contributed by atoms with Gasteiger partial charge in [-0.2, -0.15) is 0 Å². The summed E-state index contributed by atoms with van der Waals surface area (Å²) in [6.07, 6.45) is 1.98. The lowest BCUT2D eigenvalue weighted by molar-refractivity contribution is -0.384. The fourth-order valence-corrected chi connectivity index (χ4v) is 2.84. The van der Waals surface area contributed by atoms with E-state index in [1.165, 1.54) is 6.07 Å². The van der Waals surface area contributed by atoms with E-state index in [9.17, 15) is 14.9 Å². The highest BCUT2D eigenvalue weighted by atomic mass is 35.5. The summed E-state index contributed by atoms with van der Waals surface area (Å²) in [7, 11) is 0. The van der Waals surface area contributed by atoms with Crippen LogP contribution >= 0.6 is 11.6 Å². The molecule has 1 amide bonds. The molecule has 0 saturated carbocycles. The number of primary amides is 1. The summed E-state index contributed by atoms with van der Waals surface area (Å²) in [5, 5.41) is 11.3. The van der Waals surface area contributed by atoms with Crippen LogP contribution in [0.5, 0.6) is 0 Å². The zero-order valence-corrected chi connectivity index (χ0v) is 11.7. The Morgan fingerprint density at radius 3 is 2.65 bits per heavy atom. The molecule has 1 aliphatic rings. The molecule has 1 aliphatic heterocycles. The van der Waals surface area contributed by atoms with Crippen molar-refractivity contribution in [3.63, 3.8) is 0 Å². The van der Waals surface area contributed by atoms with Gasteiger partial charge in [-0.3, -0.25) is 14.9 Å². The van der Waals surface area contributed by atoms with Gasteiger partial charge >= 0.3 is 5.69 Å². The Labute approximate surface area is 121 Å². The number of carbonyl (C=O) groups is 1. The van der Waals surface area contributed by atoms with Gasteiger partial charge in [0, 0.05) is 19.5 Å². The Balaban J connectivity index is 2.13. The highest BCUT2D eigenvalue weighted by Gasteiger charge is 2.27. The Kier molecular flexibility index (Phi) is 4.44. The molecular weight excluding hydrogens is 282 g/mol. The van der Waals surface area contributed by atoms with E-state index in [0.717, 1.165) is 12.8 Å². The Hall–Kier alpha value is -1.82. The number of hydrogen-bond acceptors (Lipinski definition) is 4. The number of nitrogens with zero attached hydrogens (tertiary/aromatic N) is 2. The standard InChI is InChI=1S/C13H16ClN3O3/c14-10-2-1-3-11(13(10)17(19)20)16-6-4-9(5-7-16)8-12(15)18/h1-3,9H,4-8H2,(H2,15,18). The van der Waals surface area contributed by atoms with Crippen LogP contribution in [-0.2, 0) is 4.79 Å². The van der Waals surface area contributed by atoms with E-state index in [2.05, 4.69) is 0 Å². The molecule has 108 valence electrons. The monoisotopic (exact) mass is 297 g/mol. The number of rotatable bonds is 4. The molecule has 2 rings (SSSR count). The van der Waals surface area contributed by atoms with Crippen LogP contribution < -0.4 is 10.6 Å². The maximum atomic E-state index is 11.1. The Morgan fingerprint density at radius 2 is 2.10 bits per heavy atom. The maximum Gasteiger partial charge on any atom is 0.310 e. The summed E-state index contributed by atoms with van der Waals surface area (Å²) in [6, 6.07) is 4.93. The van der Waals surface area contributed by atoms with Gasteiger partial charge in [-0.15, -0.1) is 0 Å². The highest BCUT2D eigenvalue weighted by molar-refractivity contribution is 6.33. The second kappa shape index (κ2) is 6.09. The van der Waals surface area contributed by atoms with E-state index in [0.29, 0.717) is 25.2 Å². The number of piperidine rings is 1. The molecular formula is C13H16ClN3O3. The number of hydrogen-bond donors (Lipinski definition) is 1. The van der Waals surface area contributed by atoms with Gasteiger partial charge in [0.25, 0.3) is 0 Å². The lowest BCUT2D eigenvalue weighted by Gasteiger charge is -2.32. The number of para-hydroxylation sites is 1. The summed E-state index contributed by atoms with van der Waals surface area (Å²) in [6.45, 7) is 1.33. The van der Waals surface area contributed by atoms with Crippen molar-refractivity contribution >= 4 is 28.9 Å². The maximum absolute atomic E-state index is 11.1. The van der Waals surface area contributed by atoms with Crippen molar-refractivity contribution in [2.24, 2.45) is 11.7 Å². The minimum atomic E-state index is -0.451. The van der Waals surface area contributed by atoms with Gasteiger partial charge in [0.15, 0.2) is 0 Å². The molecule has 0 radical (unpaired) electrons. The van der Waals surface area contributed by atoms with Gasteiger partial charge in [0.1, 0.15) is 10.7 Å². The van der Waals surface area contributed by atoms with Crippen LogP contribution in [0, 0.1) is 16.0 Å². The highest BCUT2D eigenvalue weighted by Crippen LogP contribution is 2.37. The van der Waals surface area contributed by atoms with Gasteiger partial charge in [-0.1, -0.05) is 17.7 Å². The van der Waals surface area contributed by atoms with Crippen molar-refractivity contribution in [1.29, 1.82) is 0 Å². The molecule has 0 bridgehead atoms. The molecule has 0 aromatic heterocycles. The number of carbonyl (C=O) groups excluding carboxylic acids is 1. The normalized spacial score (nSPS) is 16.1. The Bertz CT molecular complexity index is 528. The van der Waals surface area contributed by atoms with Crippen molar-refractivity contribution in [3.05, 3.63) is 33.3 Å². The molecule has 1 aromatic rings. The fraction of sp³-hybridized carbons (Fsp3) is 0.462. The van der Waals surface area contributed by atoms with Crippen molar-refractivity contribution in [3.8, 4) is 0 Å². The minimum absolute atomic E-state index is 0.0532. The first kappa shape index (κ1) is 14.6. The van der Waals surface area contributed by atoms with Crippen LogP contribution in [0.1, 0.15) is 19.3 Å². The van der Waals surface area contributed by atoms with Crippen LogP contribution in [0.2, 0.25) is 5.02 Å². The molecule has 7 heteroatoms. The molecule has 2 N–H and O–H groups in total. The number of amides is 1. The molecule has 20 heavy (non-hydrogen) atoms. The van der Waals surface area contributed by atoms with Gasteiger partial charge in [0.2, 0.25) is 5.91 Å². The first-order chi connectivity index (χ1) is 9.49. The number of benzene rings is 1. The second-order valence-corrected chi connectivity index (χ2v) is 5.37. The van der Waals surface area contributed by atoms with E-state index in [1.807, 2.05) is 4.90 Å². The fourth-order valence-electron chi connectivity index (χ4n) is 2.60.